The summed E-state index contributed by atoms with van der Waals surface area (Å²) in [6.07, 6.45) is -2.79. The number of thiazole rings is 1. The quantitative estimate of drug-likeness (QED) is 0.697. The lowest BCUT2D eigenvalue weighted by atomic mass is 10.1. The zero-order valence-electron chi connectivity index (χ0n) is 13.2. The molecule has 0 aliphatic heterocycles. The third kappa shape index (κ3) is 4.57. The molecule has 1 amide bonds. The molecule has 2 N–H and O–H groups in total. The van der Waals surface area contributed by atoms with Crippen LogP contribution in [-0.2, 0) is 12.7 Å². The zero-order chi connectivity index (χ0) is 18.6. The second-order valence-corrected chi connectivity index (χ2v) is 6.12. The number of alkyl halides is 3. The molecule has 2 heterocycles. The first-order chi connectivity index (χ1) is 12.4. The van der Waals surface area contributed by atoms with Crippen LogP contribution in [0.4, 0.5) is 24.1 Å². The highest BCUT2D eigenvalue weighted by Crippen LogP contribution is 2.29. The van der Waals surface area contributed by atoms with Crippen LogP contribution in [-0.4, -0.2) is 15.9 Å². The highest BCUT2D eigenvalue weighted by Gasteiger charge is 2.30. The number of benzene rings is 1. The number of halogens is 3. The Hall–Kier alpha value is -2.94. The maximum Gasteiger partial charge on any atom is 0.416 e. The predicted octanol–water partition coefficient (Wildman–Crippen LogP) is 4.23. The predicted molar refractivity (Wildman–Crippen MR) is 92.2 cm³/mol. The summed E-state index contributed by atoms with van der Waals surface area (Å²) in [5.74, 6) is 0.130. The second-order valence-electron chi connectivity index (χ2n) is 5.26. The molecule has 9 heteroatoms. The van der Waals surface area contributed by atoms with Gasteiger partial charge in [0.05, 0.1) is 5.56 Å². The minimum Gasteiger partial charge on any atom is -0.347 e. The molecule has 0 saturated heterocycles. The average Bonchev–Trinajstić information content (AvgIpc) is 3.09. The summed E-state index contributed by atoms with van der Waals surface area (Å²) < 4.78 is 38.1. The summed E-state index contributed by atoms with van der Waals surface area (Å²) in [5, 5.41) is 7.59. The molecule has 0 radical (unpaired) electrons. The Labute approximate surface area is 150 Å². The molecule has 0 aliphatic carbocycles. The Balaban J connectivity index is 1.61. The number of rotatable bonds is 5. The van der Waals surface area contributed by atoms with Gasteiger partial charge in [-0.1, -0.05) is 18.2 Å². The average molecular weight is 378 g/mol. The summed E-state index contributed by atoms with van der Waals surface area (Å²) in [5.41, 5.74) is -0.213. The minimum atomic E-state index is -4.42. The van der Waals surface area contributed by atoms with E-state index in [1.807, 2.05) is 6.07 Å². The van der Waals surface area contributed by atoms with Gasteiger partial charge >= 0.3 is 6.18 Å². The van der Waals surface area contributed by atoms with E-state index in [1.165, 1.54) is 23.5 Å². The van der Waals surface area contributed by atoms with Gasteiger partial charge in [0.2, 0.25) is 0 Å². The normalized spacial score (nSPS) is 11.2. The summed E-state index contributed by atoms with van der Waals surface area (Å²) in [6, 6.07) is 10.2. The number of nitrogens with one attached hydrogen (secondary N) is 2. The molecular formula is C17H13F3N4OS. The molecule has 5 nitrogen and oxygen atoms in total. The topological polar surface area (TPSA) is 66.9 Å². The van der Waals surface area contributed by atoms with Crippen molar-refractivity contribution < 1.29 is 18.0 Å². The molecule has 0 atom stereocenters. The summed E-state index contributed by atoms with van der Waals surface area (Å²) in [4.78, 5) is 20.4. The van der Waals surface area contributed by atoms with Crippen molar-refractivity contribution in [2.75, 3.05) is 5.32 Å². The molecule has 0 bridgehead atoms. The maximum absolute atomic E-state index is 12.7. The number of nitrogens with zero attached hydrogens (tertiary/aromatic N) is 2. The summed E-state index contributed by atoms with van der Waals surface area (Å²) >= 11 is 1.23. The highest BCUT2D eigenvalue weighted by molar-refractivity contribution is 7.14. The molecular weight excluding hydrogens is 365 g/mol. The number of aromatic nitrogens is 2. The lowest BCUT2D eigenvalue weighted by Gasteiger charge is -2.09. The molecule has 2 aromatic heterocycles. The number of pyridine rings is 1. The van der Waals surface area contributed by atoms with Gasteiger partial charge in [-0.2, -0.15) is 13.2 Å². The molecule has 0 unspecified atom stereocenters. The van der Waals surface area contributed by atoms with E-state index in [2.05, 4.69) is 20.6 Å². The van der Waals surface area contributed by atoms with Gasteiger partial charge in [-0.15, -0.1) is 11.3 Å². The highest BCUT2D eigenvalue weighted by atomic mass is 32.1. The SMILES string of the molecule is O=C(NCc1cccc(C(F)(F)F)c1)c1csc(Nc2ccccn2)n1. The first-order valence-corrected chi connectivity index (χ1v) is 8.38. The largest absolute Gasteiger partial charge is 0.416 e. The smallest absolute Gasteiger partial charge is 0.347 e. The van der Waals surface area contributed by atoms with Crippen molar-refractivity contribution in [1.82, 2.24) is 15.3 Å². The molecule has 134 valence electrons. The van der Waals surface area contributed by atoms with Gasteiger partial charge in [0.1, 0.15) is 11.5 Å². The molecule has 3 rings (SSSR count). The van der Waals surface area contributed by atoms with Crippen LogP contribution in [0.5, 0.6) is 0 Å². The van der Waals surface area contributed by atoms with Gasteiger partial charge < -0.3 is 10.6 Å². The number of hydrogen-bond acceptors (Lipinski definition) is 5. The van der Waals surface area contributed by atoms with E-state index < -0.39 is 17.6 Å². The van der Waals surface area contributed by atoms with Gasteiger partial charge in [0.15, 0.2) is 5.13 Å². The van der Waals surface area contributed by atoms with Gasteiger partial charge in [-0.25, -0.2) is 9.97 Å². The van der Waals surface area contributed by atoms with Crippen molar-refractivity contribution in [2.45, 2.75) is 12.7 Å². The molecule has 1 aromatic carbocycles. The number of amides is 1. The van der Waals surface area contributed by atoms with Crippen LogP contribution >= 0.6 is 11.3 Å². The van der Waals surface area contributed by atoms with E-state index >= 15 is 0 Å². The standard InChI is InChI=1S/C17H13F3N4OS/c18-17(19,20)12-5-3-4-11(8-12)9-22-15(25)13-10-26-16(23-13)24-14-6-1-2-7-21-14/h1-8,10H,9H2,(H,22,25)(H,21,23,24). The summed E-state index contributed by atoms with van der Waals surface area (Å²) in [7, 11) is 0. The van der Waals surface area contributed by atoms with Crippen LogP contribution in [0, 0.1) is 0 Å². The van der Waals surface area contributed by atoms with Gasteiger partial charge in [-0.05, 0) is 29.8 Å². The van der Waals surface area contributed by atoms with Gasteiger partial charge in [0.25, 0.3) is 5.91 Å². The van der Waals surface area contributed by atoms with Crippen LogP contribution in [0.3, 0.4) is 0 Å². The Morgan fingerprint density at radius 3 is 2.73 bits per heavy atom. The van der Waals surface area contributed by atoms with Crippen LogP contribution in [0.25, 0.3) is 0 Å². The molecule has 0 saturated carbocycles. The van der Waals surface area contributed by atoms with Crippen molar-refractivity contribution >= 4 is 28.2 Å². The fourth-order valence-corrected chi connectivity index (χ4v) is 2.81. The lowest BCUT2D eigenvalue weighted by Crippen LogP contribution is -2.23. The zero-order valence-corrected chi connectivity index (χ0v) is 14.1. The molecule has 0 fully saturated rings. The van der Waals surface area contributed by atoms with E-state index in [0.717, 1.165) is 12.1 Å². The maximum atomic E-state index is 12.7. The second kappa shape index (κ2) is 7.52. The molecule has 0 aliphatic rings. The van der Waals surface area contributed by atoms with Gasteiger partial charge in [-0.3, -0.25) is 4.79 Å². The third-order valence-electron chi connectivity index (χ3n) is 3.34. The number of carbonyl (C=O) groups is 1. The van der Waals surface area contributed by atoms with Crippen LogP contribution in [0.15, 0.2) is 54.0 Å². The summed E-state index contributed by atoms with van der Waals surface area (Å²) in [6.45, 7) is -0.0245. The van der Waals surface area contributed by atoms with Crippen LogP contribution in [0.2, 0.25) is 0 Å². The fraction of sp³-hybridized carbons (Fsp3) is 0.118. The Morgan fingerprint density at radius 2 is 2.00 bits per heavy atom. The fourth-order valence-electron chi connectivity index (χ4n) is 2.11. The van der Waals surface area contributed by atoms with E-state index in [-0.39, 0.29) is 12.2 Å². The number of carbonyl (C=O) groups excluding carboxylic acids is 1. The first kappa shape index (κ1) is 17.9. The Bertz CT molecular complexity index is 896. The number of hydrogen-bond donors (Lipinski definition) is 2. The van der Waals surface area contributed by atoms with Gasteiger partial charge in [0, 0.05) is 18.1 Å². The third-order valence-corrected chi connectivity index (χ3v) is 4.10. The first-order valence-electron chi connectivity index (χ1n) is 7.50. The van der Waals surface area contributed by atoms with E-state index in [1.54, 1.807) is 23.7 Å². The van der Waals surface area contributed by atoms with E-state index in [4.69, 9.17) is 0 Å². The number of anilines is 2. The van der Waals surface area contributed by atoms with Crippen LogP contribution < -0.4 is 10.6 Å². The Morgan fingerprint density at radius 1 is 1.15 bits per heavy atom. The van der Waals surface area contributed by atoms with Crippen molar-refractivity contribution in [2.24, 2.45) is 0 Å². The molecule has 0 spiro atoms. The van der Waals surface area contributed by atoms with Crippen molar-refractivity contribution in [3.63, 3.8) is 0 Å². The van der Waals surface area contributed by atoms with E-state index in [9.17, 15) is 18.0 Å². The van der Waals surface area contributed by atoms with Crippen LogP contribution in [0.1, 0.15) is 21.6 Å². The lowest BCUT2D eigenvalue weighted by molar-refractivity contribution is -0.137. The van der Waals surface area contributed by atoms with Crippen molar-refractivity contribution in [1.29, 1.82) is 0 Å². The molecule has 26 heavy (non-hydrogen) atoms. The molecule has 3 aromatic rings. The van der Waals surface area contributed by atoms with Crippen molar-refractivity contribution in [3.8, 4) is 0 Å². The minimum absolute atomic E-state index is 0.0245. The Kier molecular flexibility index (Phi) is 5.17. The van der Waals surface area contributed by atoms with E-state index in [0.29, 0.717) is 16.5 Å². The monoisotopic (exact) mass is 378 g/mol. The van der Waals surface area contributed by atoms with Crippen molar-refractivity contribution in [3.05, 3.63) is 70.9 Å².